The van der Waals surface area contributed by atoms with Crippen LogP contribution >= 0.6 is 0 Å². The molecule has 0 spiro atoms. The predicted octanol–water partition coefficient (Wildman–Crippen LogP) is 2.14. The second kappa shape index (κ2) is 8.95. The van der Waals surface area contributed by atoms with Gasteiger partial charge in [0.15, 0.2) is 0 Å². The van der Waals surface area contributed by atoms with Gasteiger partial charge in [0.05, 0.1) is 0 Å². The molecule has 4 amide bonds. The molecule has 0 bridgehead atoms. The molecule has 0 atom stereocenters. The molecular formula is C22H32N4O3. The van der Waals surface area contributed by atoms with Crippen LogP contribution < -0.4 is 5.32 Å². The van der Waals surface area contributed by atoms with Crippen LogP contribution in [-0.4, -0.2) is 70.8 Å². The second-order valence-electron chi connectivity index (χ2n) is 8.05. The topological polar surface area (TPSA) is 73.0 Å². The van der Waals surface area contributed by atoms with Gasteiger partial charge in [0, 0.05) is 32.7 Å². The first-order chi connectivity index (χ1) is 13.9. The number of hydrogen-bond acceptors (Lipinski definition) is 4. The number of benzene rings is 1. The number of imide groups is 1. The third-order valence-corrected chi connectivity index (χ3v) is 6.34. The molecule has 7 heteroatoms. The van der Waals surface area contributed by atoms with Crippen molar-refractivity contribution in [3.8, 4) is 0 Å². The van der Waals surface area contributed by atoms with E-state index in [0.29, 0.717) is 25.9 Å². The Morgan fingerprint density at radius 3 is 2.45 bits per heavy atom. The van der Waals surface area contributed by atoms with Gasteiger partial charge in [0.1, 0.15) is 12.1 Å². The summed E-state index contributed by atoms with van der Waals surface area (Å²) < 4.78 is 0. The van der Waals surface area contributed by atoms with Gasteiger partial charge in [-0.1, -0.05) is 38.1 Å². The van der Waals surface area contributed by atoms with Gasteiger partial charge >= 0.3 is 6.03 Å². The largest absolute Gasteiger partial charge is 0.340 e. The minimum Gasteiger partial charge on any atom is -0.340 e. The number of hydrogen-bond donors (Lipinski definition) is 1. The van der Waals surface area contributed by atoms with Gasteiger partial charge in [-0.3, -0.25) is 19.4 Å². The molecule has 3 rings (SSSR count). The number of carbonyl (C=O) groups is 3. The van der Waals surface area contributed by atoms with Crippen molar-refractivity contribution < 1.29 is 14.4 Å². The molecule has 2 heterocycles. The van der Waals surface area contributed by atoms with E-state index in [2.05, 4.69) is 35.3 Å². The summed E-state index contributed by atoms with van der Waals surface area (Å²) in [4.78, 5) is 43.1. The first-order valence-corrected chi connectivity index (χ1v) is 10.6. The van der Waals surface area contributed by atoms with Gasteiger partial charge in [0.25, 0.3) is 5.91 Å². The molecule has 1 N–H and O–H groups in total. The van der Waals surface area contributed by atoms with E-state index in [-0.39, 0.29) is 18.4 Å². The van der Waals surface area contributed by atoms with E-state index in [1.165, 1.54) is 11.1 Å². The number of amides is 4. The van der Waals surface area contributed by atoms with Crippen LogP contribution in [0, 0.1) is 6.92 Å². The fourth-order valence-electron chi connectivity index (χ4n) is 4.19. The molecule has 1 aromatic rings. The van der Waals surface area contributed by atoms with E-state index < -0.39 is 11.6 Å². The average Bonchev–Trinajstić information content (AvgIpc) is 2.87. The lowest BCUT2D eigenvalue weighted by atomic mass is 9.93. The van der Waals surface area contributed by atoms with Crippen LogP contribution in [0.2, 0.25) is 0 Å². The van der Waals surface area contributed by atoms with Gasteiger partial charge in [0.2, 0.25) is 5.91 Å². The molecule has 1 aromatic carbocycles. The SMILES string of the molecule is CCC1(CC)NC(=O)N(CC(=O)N2CCCN(Cc3ccccc3C)CC2)C1=O. The number of carbonyl (C=O) groups excluding carboxylic acids is 3. The van der Waals surface area contributed by atoms with Crippen LogP contribution in [0.25, 0.3) is 0 Å². The van der Waals surface area contributed by atoms with Crippen molar-refractivity contribution in [3.05, 3.63) is 35.4 Å². The van der Waals surface area contributed by atoms with Gasteiger partial charge in [-0.2, -0.15) is 0 Å². The summed E-state index contributed by atoms with van der Waals surface area (Å²) in [5.41, 5.74) is 1.72. The van der Waals surface area contributed by atoms with Gasteiger partial charge in [-0.15, -0.1) is 0 Å². The Kier molecular flexibility index (Phi) is 6.57. The highest BCUT2D eigenvalue weighted by atomic mass is 16.2. The zero-order valence-electron chi connectivity index (χ0n) is 17.7. The Bertz CT molecular complexity index is 775. The lowest BCUT2D eigenvalue weighted by Gasteiger charge is -2.25. The van der Waals surface area contributed by atoms with E-state index in [9.17, 15) is 14.4 Å². The quantitative estimate of drug-likeness (QED) is 0.743. The first-order valence-electron chi connectivity index (χ1n) is 10.6. The van der Waals surface area contributed by atoms with Crippen molar-refractivity contribution in [2.45, 2.75) is 52.1 Å². The highest BCUT2D eigenvalue weighted by Crippen LogP contribution is 2.25. The highest BCUT2D eigenvalue weighted by Gasteiger charge is 2.49. The van der Waals surface area contributed by atoms with Crippen molar-refractivity contribution in [1.29, 1.82) is 0 Å². The Morgan fingerprint density at radius 2 is 1.79 bits per heavy atom. The predicted molar refractivity (Wildman–Crippen MR) is 111 cm³/mol. The van der Waals surface area contributed by atoms with Gasteiger partial charge in [-0.05, 0) is 37.3 Å². The number of aryl methyl sites for hydroxylation is 1. The van der Waals surface area contributed by atoms with Crippen molar-refractivity contribution >= 4 is 17.8 Å². The molecule has 2 aliphatic heterocycles. The van der Waals surface area contributed by atoms with E-state index in [0.717, 1.165) is 31.0 Å². The molecule has 0 saturated carbocycles. The normalized spacial score (nSPS) is 20.0. The molecule has 0 unspecified atom stereocenters. The molecule has 158 valence electrons. The summed E-state index contributed by atoms with van der Waals surface area (Å²) in [5, 5.41) is 2.79. The van der Waals surface area contributed by atoms with Crippen molar-refractivity contribution in [1.82, 2.24) is 20.0 Å². The number of nitrogens with zero attached hydrogens (tertiary/aromatic N) is 3. The zero-order chi connectivity index (χ0) is 21.0. The average molecular weight is 401 g/mol. The molecule has 2 saturated heterocycles. The molecule has 7 nitrogen and oxygen atoms in total. The molecule has 2 aliphatic rings. The summed E-state index contributed by atoms with van der Waals surface area (Å²) in [5.74, 6) is -0.439. The maximum absolute atomic E-state index is 12.8. The van der Waals surface area contributed by atoms with E-state index in [4.69, 9.17) is 0 Å². The monoisotopic (exact) mass is 400 g/mol. The van der Waals surface area contributed by atoms with Crippen LogP contribution in [0.15, 0.2) is 24.3 Å². The molecule has 2 fully saturated rings. The van der Waals surface area contributed by atoms with Crippen LogP contribution in [-0.2, 0) is 16.1 Å². The Hall–Kier alpha value is -2.41. The fraction of sp³-hybridized carbons (Fsp3) is 0.591. The smallest absolute Gasteiger partial charge is 0.325 e. The van der Waals surface area contributed by atoms with E-state index in [1.54, 1.807) is 4.90 Å². The van der Waals surface area contributed by atoms with Crippen molar-refractivity contribution in [2.75, 3.05) is 32.7 Å². The minimum atomic E-state index is -0.861. The van der Waals surface area contributed by atoms with E-state index in [1.807, 2.05) is 19.9 Å². The third-order valence-electron chi connectivity index (χ3n) is 6.34. The third kappa shape index (κ3) is 4.45. The lowest BCUT2D eigenvalue weighted by Crippen LogP contribution is -2.47. The Morgan fingerprint density at radius 1 is 1.07 bits per heavy atom. The van der Waals surface area contributed by atoms with Gasteiger partial charge in [-0.25, -0.2) is 4.79 Å². The second-order valence-corrected chi connectivity index (χ2v) is 8.05. The molecular weight excluding hydrogens is 368 g/mol. The number of urea groups is 1. The van der Waals surface area contributed by atoms with Crippen molar-refractivity contribution in [2.24, 2.45) is 0 Å². The Labute approximate surface area is 173 Å². The summed E-state index contributed by atoms with van der Waals surface area (Å²) in [6.07, 6.45) is 1.93. The summed E-state index contributed by atoms with van der Waals surface area (Å²) in [7, 11) is 0. The van der Waals surface area contributed by atoms with Crippen LogP contribution in [0.1, 0.15) is 44.2 Å². The highest BCUT2D eigenvalue weighted by molar-refractivity contribution is 6.08. The Balaban J connectivity index is 1.58. The van der Waals surface area contributed by atoms with Crippen LogP contribution in [0.4, 0.5) is 4.79 Å². The summed E-state index contributed by atoms with van der Waals surface area (Å²) in [6, 6.07) is 7.91. The fourth-order valence-corrected chi connectivity index (χ4v) is 4.19. The van der Waals surface area contributed by atoms with Crippen LogP contribution in [0.5, 0.6) is 0 Å². The summed E-state index contributed by atoms with van der Waals surface area (Å²) in [6.45, 7) is 9.55. The van der Waals surface area contributed by atoms with E-state index >= 15 is 0 Å². The molecule has 29 heavy (non-hydrogen) atoms. The number of nitrogens with one attached hydrogen (secondary N) is 1. The maximum Gasteiger partial charge on any atom is 0.325 e. The summed E-state index contributed by atoms with van der Waals surface area (Å²) >= 11 is 0. The maximum atomic E-state index is 12.8. The molecule has 0 aromatic heterocycles. The molecule has 0 aliphatic carbocycles. The van der Waals surface area contributed by atoms with Crippen molar-refractivity contribution in [3.63, 3.8) is 0 Å². The first kappa shape index (κ1) is 21.3. The standard InChI is InChI=1S/C22H32N4O3/c1-4-22(5-2)20(28)26(21(29)23-22)16-19(27)25-12-8-11-24(13-14-25)15-18-10-7-6-9-17(18)3/h6-7,9-10H,4-5,8,11-16H2,1-3H3,(H,23,29). The molecule has 0 radical (unpaired) electrons. The lowest BCUT2D eigenvalue weighted by molar-refractivity contribution is -0.139. The zero-order valence-corrected chi connectivity index (χ0v) is 17.7. The minimum absolute atomic E-state index is 0.158. The van der Waals surface area contributed by atoms with Crippen LogP contribution in [0.3, 0.4) is 0 Å². The van der Waals surface area contributed by atoms with Gasteiger partial charge < -0.3 is 10.2 Å². The number of rotatable bonds is 6.